The van der Waals surface area contributed by atoms with Crippen molar-refractivity contribution in [2.45, 2.75) is 6.92 Å². The smallest absolute Gasteiger partial charge is 0.322 e. The Labute approximate surface area is 58.6 Å². The average Bonchev–Trinajstić information content (AvgIpc) is 2.31. The van der Waals surface area contributed by atoms with Crippen molar-refractivity contribution >= 4 is 6.01 Å². The van der Waals surface area contributed by atoms with Gasteiger partial charge in [-0.2, -0.15) is 4.98 Å². The first-order chi connectivity index (χ1) is 4.83. The first-order valence-electron chi connectivity index (χ1n) is 2.80. The lowest BCUT2D eigenvalue weighted by Gasteiger charge is -1.88. The Kier molecular flexibility index (Phi) is 1.90. The molecular weight excluding hydrogens is 130 g/mol. The van der Waals surface area contributed by atoms with Gasteiger partial charge in [-0.1, -0.05) is 11.1 Å². The minimum atomic E-state index is 0.371. The molecule has 4 nitrogen and oxygen atoms in total. The van der Waals surface area contributed by atoms with Crippen LogP contribution >= 0.6 is 0 Å². The van der Waals surface area contributed by atoms with E-state index >= 15 is 0 Å². The lowest BCUT2D eigenvalue weighted by molar-refractivity contribution is 0.426. The van der Waals surface area contributed by atoms with Gasteiger partial charge in [0.25, 0.3) is 0 Å². The van der Waals surface area contributed by atoms with Crippen molar-refractivity contribution in [1.29, 1.82) is 0 Å². The molecule has 0 saturated carbocycles. The summed E-state index contributed by atoms with van der Waals surface area (Å²) in [6, 6.07) is 0.371. The van der Waals surface area contributed by atoms with Crippen LogP contribution in [0.2, 0.25) is 0 Å². The number of rotatable bonds is 2. The zero-order valence-corrected chi connectivity index (χ0v) is 5.59. The maximum absolute atomic E-state index is 4.98. The lowest BCUT2D eigenvalue weighted by atomic mass is 10.7. The molecule has 0 radical (unpaired) electrons. The molecule has 10 heavy (non-hydrogen) atoms. The van der Waals surface area contributed by atoms with E-state index in [2.05, 4.69) is 21.4 Å². The van der Waals surface area contributed by atoms with E-state index in [-0.39, 0.29) is 0 Å². The minimum Gasteiger partial charge on any atom is -0.327 e. The van der Waals surface area contributed by atoms with Gasteiger partial charge in [-0.3, -0.25) is 0 Å². The van der Waals surface area contributed by atoms with Crippen molar-refractivity contribution in [2.75, 3.05) is 11.9 Å². The number of aryl methyl sites for hydroxylation is 1. The van der Waals surface area contributed by atoms with E-state index in [9.17, 15) is 0 Å². The molecule has 1 heterocycles. The van der Waals surface area contributed by atoms with E-state index in [1.54, 1.807) is 6.92 Å². The van der Waals surface area contributed by atoms with Gasteiger partial charge in [0.15, 0.2) is 5.82 Å². The number of hydrogen-bond acceptors (Lipinski definition) is 4. The third kappa shape index (κ3) is 1.49. The Morgan fingerprint density at radius 3 is 3.10 bits per heavy atom. The van der Waals surface area contributed by atoms with Crippen LogP contribution in [0.1, 0.15) is 5.82 Å². The molecule has 0 atom stereocenters. The number of nitrogens with zero attached hydrogens (tertiary/aromatic N) is 2. The van der Waals surface area contributed by atoms with Crippen molar-refractivity contribution in [3.63, 3.8) is 0 Å². The Morgan fingerprint density at radius 1 is 1.80 bits per heavy atom. The van der Waals surface area contributed by atoms with Gasteiger partial charge in [0.1, 0.15) is 0 Å². The van der Waals surface area contributed by atoms with Crippen LogP contribution in [0.3, 0.4) is 0 Å². The second kappa shape index (κ2) is 2.87. The van der Waals surface area contributed by atoms with Gasteiger partial charge in [0.05, 0.1) is 6.54 Å². The highest BCUT2D eigenvalue weighted by Gasteiger charge is 1.97. The average molecular weight is 137 g/mol. The summed E-state index contributed by atoms with van der Waals surface area (Å²) >= 11 is 0. The topological polar surface area (TPSA) is 51.0 Å². The minimum absolute atomic E-state index is 0.371. The molecule has 4 heteroatoms. The summed E-state index contributed by atoms with van der Waals surface area (Å²) < 4.78 is 4.70. The van der Waals surface area contributed by atoms with Gasteiger partial charge in [-0.05, 0) is 6.92 Å². The van der Waals surface area contributed by atoms with Crippen molar-refractivity contribution < 1.29 is 4.52 Å². The summed E-state index contributed by atoms with van der Waals surface area (Å²) in [5, 5.41) is 6.29. The first kappa shape index (κ1) is 6.62. The standard InChI is InChI=1S/C6H7N3O/c1-3-4-7-6-8-5(2)9-10-6/h1H,4H2,2H3,(H,7,8,9). The zero-order chi connectivity index (χ0) is 7.40. The molecule has 1 aromatic rings. The monoisotopic (exact) mass is 137 g/mol. The molecule has 0 aliphatic rings. The molecule has 0 amide bonds. The van der Waals surface area contributed by atoms with Crippen LogP contribution in [-0.2, 0) is 0 Å². The predicted octanol–water partition coefficient (Wildman–Crippen LogP) is 0.423. The van der Waals surface area contributed by atoms with Crippen LogP contribution < -0.4 is 5.32 Å². The summed E-state index contributed by atoms with van der Waals surface area (Å²) in [6.07, 6.45) is 4.98. The number of anilines is 1. The summed E-state index contributed by atoms with van der Waals surface area (Å²) in [6.45, 7) is 2.15. The summed E-state index contributed by atoms with van der Waals surface area (Å²) in [5.74, 6) is 2.98. The van der Waals surface area contributed by atoms with Crippen LogP contribution in [-0.4, -0.2) is 16.7 Å². The largest absolute Gasteiger partial charge is 0.327 e. The molecule has 0 saturated heterocycles. The fraction of sp³-hybridized carbons (Fsp3) is 0.333. The second-order valence-electron chi connectivity index (χ2n) is 1.70. The molecule has 1 N–H and O–H groups in total. The van der Waals surface area contributed by atoms with Gasteiger partial charge < -0.3 is 9.84 Å². The third-order valence-corrected chi connectivity index (χ3v) is 0.869. The Hall–Kier alpha value is -1.50. The van der Waals surface area contributed by atoms with Gasteiger partial charge in [-0.15, -0.1) is 6.42 Å². The summed E-state index contributed by atoms with van der Waals surface area (Å²) in [7, 11) is 0. The highest BCUT2D eigenvalue weighted by Crippen LogP contribution is 1.99. The second-order valence-corrected chi connectivity index (χ2v) is 1.70. The molecule has 1 rings (SSSR count). The fourth-order valence-corrected chi connectivity index (χ4v) is 0.496. The van der Waals surface area contributed by atoms with E-state index in [1.165, 1.54) is 0 Å². The van der Waals surface area contributed by atoms with Crippen LogP contribution in [0.15, 0.2) is 4.52 Å². The van der Waals surface area contributed by atoms with Crippen molar-refractivity contribution in [2.24, 2.45) is 0 Å². The zero-order valence-electron chi connectivity index (χ0n) is 5.59. The van der Waals surface area contributed by atoms with Gasteiger partial charge in [-0.25, -0.2) is 0 Å². The normalized spacial score (nSPS) is 8.80. The number of hydrogen-bond donors (Lipinski definition) is 1. The molecule has 0 spiro atoms. The van der Waals surface area contributed by atoms with Crippen LogP contribution in [0.25, 0.3) is 0 Å². The van der Waals surface area contributed by atoms with E-state index in [4.69, 9.17) is 10.9 Å². The predicted molar refractivity (Wildman–Crippen MR) is 36.4 cm³/mol. The Balaban J connectivity index is 2.52. The molecule has 1 aromatic heterocycles. The van der Waals surface area contributed by atoms with Gasteiger partial charge in [0, 0.05) is 0 Å². The molecule has 0 aliphatic heterocycles. The summed E-state index contributed by atoms with van der Waals surface area (Å²) in [5.41, 5.74) is 0. The lowest BCUT2D eigenvalue weighted by Crippen LogP contribution is -1.97. The molecule has 0 aromatic carbocycles. The molecule has 52 valence electrons. The molecule has 0 aliphatic carbocycles. The molecule has 0 fully saturated rings. The van der Waals surface area contributed by atoms with Crippen LogP contribution in [0.4, 0.5) is 6.01 Å². The SMILES string of the molecule is C#CCNc1nc(C)no1. The quantitative estimate of drug-likeness (QED) is 0.600. The number of nitrogens with one attached hydrogen (secondary N) is 1. The first-order valence-corrected chi connectivity index (χ1v) is 2.80. The number of aromatic nitrogens is 2. The third-order valence-electron chi connectivity index (χ3n) is 0.869. The molecule has 0 unspecified atom stereocenters. The highest BCUT2D eigenvalue weighted by atomic mass is 16.5. The molecule has 0 bridgehead atoms. The van der Waals surface area contributed by atoms with Crippen LogP contribution in [0, 0.1) is 19.3 Å². The number of terminal acetylenes is 1. The summed E-state index contributed by atoms with van der Waals surface area (Å²) in [4.78, 5) is 3.86. The van der Waals surface area contributed by atoms with E-state index in [1.807, 2.05) is 0 Å². The van der Waals surface area contributed by atoms with Gasteiger partial charge >= 0.3 is 6.01 Å². The van der Waals surface area contributed by atoms with E-state index in [0.717, 1.165) is 0 Å². The van der Waals surface area contributed by atoms with Crippen molar-refractivity contribution in [3.05, 3.63) is 5.82 Å². The van der Waals surface area contributed by atoms with E-state index in [0.29, 0.717) is 18.4 Å². The maximum atomic E-state index is 4.98. The Morgan fingerprint density at radius 2 is 2.60 bits per heavy atom. The van der Waals surface area contributed by atoms with Gasteiger partial charge in [0.2, 0.25) is 0 Å². The van der Waals surface area contributed by atoms with Crippen LogP contribution in [0.5, 0.6) is 0 Å². The van der Waals surface area contributed by atoms with Crippen molar-refractivity contribution in [1.82, 2.24) is 10.1 Å². The van der Waals surface area contributed by atoms with Crippen molar-refractivity contribution in [3.8, 4) is 12.3 Å². The highest BCUT2D eigenvalue weighted by molar-refractivity contribution is 5.20. The maximum Gasteiger partial charge on any atom is 0.322 e. The fourth-order valence-electron chi connectivity index (χ4n) is 0.496. The Bertz CT molecular complexity index is 248. The van der Waals surface area contributed by atoms with E-state index < -0.39 is 0 Å². The molecular formula is C6H7N3O.